The fourth-order valence-electron chi connectivity index (χ4n) is 1.43. The Morgan fingerprint density at radius 1 is 1.40 bits per heavy atom. The van der Waals surface area contributed by atoms with Gasteiger partial charge in [-0.15, -0.1) is 0 Å². The average Bonchev–Trinajstić information content (AvgIpc) is 2.22. The topological polar surface area (TPSA) is 72.2 Å². The van der Waals surface area contributed by atoms with Crippen LogP contribution in [-0.2, 0) is 11.3 Å². The minimum absolute atomic E-state index is 0.335. The van der Waals surface area contributed by atoms with Crippen molar-refractivity contribution in [1.29, 1.82) is 0 Å². The second-order valence-electron chi connectivity index (χ2n) is 3.09. The van der Waals surface area contributed by atoms with Crippen LogP contribution in [0.1, 0.15) is 0 Å². The standard InChI is InChI=1S/C10H8N2O3/c13-9-2-1-7-3-4-11-5-8(7)12(9)6-10(14)15/h1-5H,6H2,(H,14,15). The summed E-state index contributed by atoms with van der Waals surface area (Å²) in [5, 5.41) is 9.47. The molecule has 2 aromatic heterocycles. The van der Waals surface area contributed by atoms with Gasteiger partial charge < -0.3 is 5.11 Å². The lowest BCUT2D eigenvalue weighted by Crippen LogP contribution is -2.23. The molecule has 2 heterocycles. The first kappa shape index (κ1) is 9.39. The highest BCUT2D eigenvalue weighted by Crippen LogP contribution is 2.08. The molecule has 1 N–H and O–H groups in total. The highest BCUT2D eigenvalue weighted by molar-refractivity contribution is 5.79. The molecule has 0 aliphatic heterocycles. The van der Waals surface area contributed by atoms with Crippen molar-refractivity contribution >= 4 is 16.9 Å². The first-order chi connectivity index (χ1) is 7.18. The van der Waals surface area contributed by atoms with Gasteiger partial charge in [0.2, 0.25) is 0 Å². The molecule has 0 amide bonds. The lowest BCUT2D eigenvalue weighted by molar-refractivity contribution is -0.137. The van der Waals surface area contributed by atoms with Gasteiger partial charge in [-0.25, -0.2) is 0 Å². The zero-order chi connectivity index (χ0) is 10.8. The van der Waals surface area contributed by atoms with Crippen LogP contribution in [0.5, 0.6) is 0 Å². The quantitative estimate of drug-likeness (QED) is 0.772. The number of aromatic nitrogens is 2. The molecule has 2 rings (SSSR count). The van der Waals surface area contributed by atoms with Crippen molar-refractivity contribution in [2.75, 3.05) is 0 Å². The number of carbonyl (C=O) groups is 1. The maximum absolute atomic E-state index is 11.4. The Bertz CT molecular complexity index is 574. The maximum atomic E-state index is 11.4. The fourth-order valence-corrected chi connectivity index (χ4v) is 1.43. The van der Waals surface area contributed by atoms with E-state index in [1.807, 2.05) is 0 Å². The Morgan fingerprint density at radius 2 is 2.20 bits per heavy atom. The molecule has 76 valence electrons. The van der Waals surface area contributed by atoms with Crippen LogP contribution < -0.4 is 5.56 Å². The molecule has 0 aliphatic carbocycles. The van der Waals surface area contributed by atoms with Gasteiger partial charge in [0.05, 0.1) is 11.7 Å². The van der Waals surface area contributed by atoms with Crippen molar-refractivity contribution in [2.45, 2.75) is 6.54 Å². The van der Waals surface area contributed by atoms with E-state index in [1.54, 1.807) is 18.3 Å². The number of hydrogen-bond donors (Lipinski definition) is 1. The molecular weight excluding hydrogens is 196 g/mol. The molecular formula is C10H8N2O3. The number of fused-ring (bicyclic) bond motifs is 1. The van der Waals surface area contributed by atoms with Crippen molar-refractivity contribution in [2.24, 2.45) is 0 Å². The predicted molar refractivity (Wildman–Crippen MR) is 53.6 cm³/mol. The fraction of sp³-hybridized carbons (Fsp3) is 0.100. The molecule has 0 aliphatic rings. The average molecular weight is 204 g/mol. The van der Waals surface area contributed by atoms with Crippen LogP contribution in [0.25, 0.3) is 10.9 Å². The molecule has 0 bridgehead atoms. The van der Waals surface area contributed by atoms with Crippen LogP contribution in [-0.4, -0.2) is 20.6 Å². The minimum atomic E-state index is -1.05. The van der Waals surface area contributed by atoms with Crippen molar-refractivity contribution in [3.63, 3.8) is 0 Å². The predicted octanol–water partition coefficient (Wildman–Crippen LogP) is 0.481. The molecule has 0 radical (unpaired) electrons. The van der Waals surface area contributed by atoms with E-state index in [9.17, 15) is 9.59 Å². The number of carboxylic acids is 1. The van der Waals surface area contributed by atoms with E-state index in [4.69, 9.17) is 5.11 Å². The first-order valence-electron chi connectivity index (χ1n) is 4.34. The molecule has 0 saturated heterocycles. The third kappa shape index (κ3) is 1.71. The molecule has 2 aromatic rings. The molecule has 0 unspecified atom stereocenters. The Morgan fingerprint density at radius 3 is 2.93 bits per heavy atom. The summed E-state index contributed by atoms with van der Waals surface area (Å²) in [6.45, 7) is -0.345. The smallest absolute Gasteiger partial charge is 0.323 e. The summed E-state index contributed by atoms with van der Waals surface area (Å²) in [5.74, 6) is -1.05. The third-order valence-corrected chi connectivity index (χ3v) is 2.09. The van der Waals surface area contributed by atoms with Gasteiger partial charge >= 0.3 is 5.97 Å². The second kappa shape index (κ2) is 3.53. The van der Waals surface area contributed by atoms with Crippen molar-refractivity contribution in [1.82, 2.24) is 9.55 Å². The van der Waals surface area contributed by atoms with E-state index >= 15 is 0 Å². The Labute approximate surface area is 84.6 Å². The van der Waals surface area contributed by atoms with Crippen molar-refractivity contribution in [3.8, 4) is 0 Å². The SMILES string of the molecule is O=C(O)Cn1c(=O)ccc2ccncc21. The van der Waals surface area contributed by atoms with Crippen LogP contribution in [0.4, 0.5) is 0 Å². The summed E-state index contributed by atoms with van der Waals surface area (Å²) in [5.41, 5.74) is 0.199. The normalized spacial score (nSPS) is 10.4. The third-order valence-electron chi connectivity index (χ3n) is 2.09. The Hall–Kier alpha value is -2.17. The van der Waals surface area contributed by atoms with Crippen molar-refractivity contribution < 1.29 is 9.90 Å². The van der Waals surface area contributed by atoms with Gasteiger partial charge in [0.1, 0.15) is 6.54 Å². The van der Waals surface area contributed by atoms with Crippen LogP contribution in [0.2, 0.25) is 0 Å². The van der Waals surface area contributed by atoms with Gasteiger partial charge in [0, 0.05) is 17.6 Å². The van der Waals surface area contributed by atoms with E-state index in [1.165, 1.54) is 16.8 Å². The Kier molecular flexibility index (Phi) is 2.21. The number of rotatable bonds is 2. The molecule has 15 heavy (non-hydrogen) atoms. The molecule has 0 spiro atoms. The molecule has 5 nitrogen and oxygen atoms in total. The lowest BCUT2D eigenvalue weighted by Gasteiger charge is -2.05. The van der Waals surface area contributed by atoms with E-state index in [0.717, 1.165) is 5.39 Å². The van der Waals surface area contributed by atoms with Gasteiger partial charge in [-0.3, -0.25) is 19.1 Å². The highest BCUT2D eigenvalue weighted by atomic mass is 16.4. The van der Waals surface area contributed by atoms with Gasteiger partial charge in [-0.1, -0.05) is 0 Å². The highest BCUT2D eigenvalue weighted by Gasteiger charge is 2.05. The second-order valence-corrected chi connectivity index (χ2v) is 3.09. The van der Waals surface area contributed by atoms with Gasteiger partial charge in [-0.05, 0) is 12.1 Å². The van der Waals surface area contributed by atoms with Crippen LogP contribution in [0.15, 0.2) is 35.4 Å². The summed E-state index contributed by atoms with van der Waals surface area (Å²) in [7, 11) is 0. The number of carboxylic acid groups (broad SMARTS) is 1. The molecule has 5 heteroatoms. The molecule has 0 atom stereocenters. The summed E-state index contributed by atoms with van der Waals surface area (Å²) >= 11 is 0. The molecule has 0 fully saturated rings. The number of hydrogen-bond acceptors (Lipinski definition) is 3. The van der Waals surface area contributed by atoms with E-state index in [-0.39, 0.29) is 12.1 Å². The summed E-state index contributed by atoms with van der Waals surface area (Å²) in [6, 6.07) is 4.73. The minimum Gasteiger partial charge on any atom is -0.480 e. The monoisotopic (exact) mass is 204 g/mol. The number of nitrogens with zero attached hydrogens (tertiary/aromatic N) is 2. The van der Waals surface area contributed by atoms with E-state index < -0.39 is 5.97 Å². The van der Waals surface area contributed by atoms with Gasteiger partial charge in [-0.2, -0.15) is 0 Å². The van der Waals surface area contributed by atoms with Crippen LogP contribution in [0.3, 0.4) is 0 Å². The maximum Gasteiger partial charge on any atom is 0.323 e. The van der Waals surface area contributed by atoms with Gasteiger partial charge in [0.25, 0.3) is 5.56 Å². The summed E-state index contributed by atoms with van der Waals surface area (Å²) in [4.78, 5) is 25.9. The number of aliphatic carboxylic acids is 1. The van der Waals surface area contributed by atoms with E-state index in [2.05, 4.69) is 4.98 Å². The summed E-state index contributed by atoms with van der Waals surface area (Å²) < 4.78 is 1.19. The molecule has 0 aromatic carbocycles. The summed E-state index contributed by atoms with van der Waals surface area (Å²) in [6.07, 6.45) is 3.08. The lowest BCUT2D eigenvalue weighted by atomic mass is 10.2. The van der Waals surface area contributed by atoms with Crippen LogP contribution >= 0.6 is 0 Å². The molecule has 0 saturated carbocycles. The van der Waals surface area contributed by atoms with E-state index in [0.29, 0.717) is 5.52 Å². The van der Waals surface area contributed by atoms with Crippen LogP contribution in [0, 0.1) is 0 Å². The Balaban J connectivity index is 2.74. The van der Waals surface area contributed by atoms with Gasteiger partial charge in [0.15, 0.2) is 0 Å². The zero-order valence-corrected chi connectivity index (χ0v) is 7.75. The number of pyridine rings is 2. The van der Waals surface area contributed by atoms with Crippen molar-refractivity contribution in [3.05, 3.63) is 40.9 Å². The largest absolute Gasteiger partial charge is 0.480 e. The zero-order valence-electron chi connectivity index (χ0n) is 7.75. The first-order valence-corrected chi connectivity index (χ1v) is 4.34.